The molecule has 2 rings (SSSR count). The van der Waals surface area contributed by atoms with E-state index in [1.54, 1.807) is 6.07 Å². The number of nitrogens with two attached hydrogens (primary N) is 1. The van der Waals surface area contributed by atoms with Gasteiger partial charge in [-0.05, 0) is 18.4 Å². The zero-order valence-corrected chi connectivity index (χ0v) is 11.0. The molecule has 3 N–H and O–H groups in total. The molecule has 1 aliphatic carbocycles. The van der Waals surface area contributed by atoms with Crippen LogP contribution in [0.1, 0.15) is 36.4 Å². The van der Waals surface area contributed by atoms with Crippen molar-refractivity contribution in [2.75, 3.05) is 7.11 Å². The summed E-state index contributed by atoms with van der Waals surface area (Å²) in [6.45, 7) is 0. The van der Waals surface area contributed by atoms with Gasteiger partial charge >= 0.3 is 0 Å². The highest BCUT2D eigenvalue weighted by atomic mass is 35.5. The summed E-state index contributed by atoms with van der Waals surface area (Å²) < 4.78 is 5.04. The number of rotatable bonds is 4. The number of phenols is 1. The first-order valence-electron chi connectivity index (χ1n) is 5.72. The van der Waals surface area contributed by atoms with Crippen molar-refractivity contribution in [1.29, 1.82) is 5.26 Å². The van der Waals surface area contributed by atoms with E-state index in [1.165, 1.54) is 26.0 Å². The van der Waals surface area contributed by atoms with E-state index in [2.05, 4.69) is 0 Å². The van der Waals surface area contributed by atoms with Crippen LogP contribution >= 0.6 is 12.4 Å². The molecule has 1 atom stereocenters. The van der Waals surface area contributed by atoms with Crippen molar-refractivity contribution in [1.82, 2.24) is 0 Å². The van der Waals surface area contributed by atoms with Crippen molar-refractivity contribution in [2.24, 2.45) is 11.7 Å². The fraction of sp³-hybridized carbons (Fsp3) is 0.462. The van der Waals surface area contributed by atoms with E-state index in [-0.39, 0.29) is 24.2 Å². The standard InChI is InChI=1S/C13H16N2O2.ClH/c1-17-12-6-9(7-14)4-10(13(12)16)11(15)5-8-2-3-8;/h4,6,8,11,16H,2-3,5,15H2,1H3;1H/t11-;/m0./s1. The van der Waals surface area contributed by atoms with E-state index in [9.17, 15) is 5.11 Å². The van der Waals surface area contributed by atoms with Gasteiger partial charge in [0.2, 0.25) is 0 Å². The predicted octanol–water partition coefficient (Wildman–Crippen LogP) is 2.49. The second kappa shape index (κ2) is 5.94. The monoisotopic (exact) mass is 268 g/mol. The van der Waals surface area contributed by atoms with Crippen molar-refractivity contribution in [3.63, 3.8) is 0 Å². The van der Waals surface area contributed by atoms with Crippen LogP contribution in [-0.2, 0) is 0 Å². The smallest absolute Gasteiger partial charge is 0.162 e. The minimum Gasteiger partial charge on any atom is -0.504 e. The fourth-order valence-electron chi connectivity index (χ4n) is 1.97. The van der Waals surface area contributed by atoms with Gasteiger partial charge in [0.25, 0.3) is 0 Å². The van der Waals surface area contributed by atoms with E-state index in [4.69, 9.17) is 15.7 Å². The predicted molar refractivity (Wildman–Crippen MR) is 70.9 cm³/mol. The molecule has 1 aromatic rings. The second-order valence-electron chi connectivity index (χ2n) is 4.51. The highest BCUT2D eigenvalue weighted by molar-refractivity contribution is 5.85. The van der Waals surface area contributed by atoms with Crippen LogP contribution in [0.25, 0.3) is 0 Å². The second-order valence-corrected chi connectivity index (χ2v) is 4.51. The van der Waals surface area contributed by atoms with E-state index in [1.807, 2.05) is 6.07 Å². The summed E-state index contributed by atoms with van der Waals surface area (Å²) in [5, 5.41) is 18.9. The first-order valence-corrected chi connectivity index (χ1v) is 5.72. The highest BCUT2D eigenvalue weighted by Crippen LogP contribution is 2.41. The lowest BCUT2D eigenvalue weighted by atomic mass is 9.98. The van der Waals surface area contributed by atoms with E-state index < -0.39 is 0 Å². The first-order chi connectivity index (χ1) is 8.15. The van der Waals surface area contributed by atoms with Gasteiger partial charge in [-0.1, -0.05) is 12.8 Å². The number of methoxy groups -OCH3 is 1. The van der Waals surface area contributed by atoms with Crippen molar-refractivity contribution < 1.29 is 9.84 Å². The third kappa shape index (κ3) is 3.06. The number of hydrogen-bond acceptors (Lipinski definition) is 4. The molecule has 0 heterocycles. The zero-order valence-electron chi connectivity index (χ0n) is 10.2. The summed E-state index contributed by atoms with van der Waals surface area (Å²) >= 11 is 0. The molecule has 1 saturated carbocycles. The normalized spacial score (nSPS) is 15.4. The summed E-state index contributed by atoms with van der Waals surface area (Å²) in [7, 11) is 1.46. The Bertz CT molecular complexity index is 467. The minimum atomic E-state index is -0.232. The van der Waals surface area contributed by atoms with Gasteiger partial charge in [0, 0.05) is 17.7 Å². The molecule has 1 fully saturated rings. The van der Waals surface area contributed by atoms with Crippen LogP contribution in [0.5, 0.6) is 11.5 Å². The van der Waals surface area contributed by atoms with E-state index >= 15 is 0 Å². The lowest BCUT2D eigenvalue weighted by Gasteiger charge is -2.15. The van der Waals surface area contributed by atoms with Gasteiger partial charge in [0.05, 0.1) is 18.7 Å². The Kier molecular flexibility index (Phi) is 4.83. The summed E-state index contributed by atoms with van der Waals surface area (Å²) in [4.78, 5) is 0. The maximum Gasteiger partial charge on any atom is 0.162 e. The molecule has 0 saturated heterocycles. The lowest BCUT2D eigenvalue weighted by Crippen LogP contribution is -2.12. The molecule has 0 radical (unpaired) electrons. The molecule has 18 heavy (non-hydrogen) atoms. The summed E-state index contributed by atoms with van der Waals surface area (Å²) in [6.07, 6.45) is 3.28. The average molecular weight is 269 g/mol. The van der Waals surface area contributed by atoms with Gasteiger partial charge in [-0.25, -0.2) is 0 Å². The Morgan fingerprint density at radius 2 is 2.22 bits per heavy atom. The van der Waals surface area contributed by atoms with E-state index in [0.717, 1.165) is 6.42 Å². The summed E-state index contributed by atoms with van der Waals surface area (Å²) in [5.41, 5.74) is 7.12. The fourth-order valence-corrected chi connectivity index (χ4v) is 1.97. The first kappa shape index (κ1) is 14.6. The Labute approximate surface area is 113 Å². The average Bonchev–Trinajstić information content (AvgIpc) is 3.13. The summed E-state index contributed by atoms with van der Waals surface area (Å²) in [5.74, 6) is 1.03. The molecule has 0 amide bonds. The largest absolute Gasteiger partial charge is 0.504 e. The minimum absolute atomic E-state index is 0. The van der Waals surface area contributed by atoms with Gasteiger partial charge in [0.1, 0.15) is 0 Å². The Morgan fingerprint density at radius 3 is 2.72 bits per heavy atom. The van der Waals surface area contributed by atoms with Crippen LogP contribution in [-0.4, -0.2) is 12.2 Å². The maximum absolute atomic E-state index is 10.00. The number of benzene rings is 1. The third-order valence-electron chi connectivity index (χ3n) is 3.14. The van der Waals surface area contributed by atoms with E-state index in [0.29, 0.717) is 22.8 Å². The third-order valence-corrected chi connectivity index (χ3v) is 3.14. The van der Waals surface area contributed by atoms with Crippen LogP contribution in [0, 0.1) is 17.2 Å². The number of nitriles is 1. The molecule has 0 aliphatic heterocycles. The molecular weight excluding hydrogens is 252 g/mol. The maximum atomic E-state index is 10.00. The van der Waals surface area contributed by atoms with Gasteiger partial charge in [-0.2, -0.15) is 5.26 Å². The number of nitrogens with zero attached hydrogens (tertiary/aromatic N) is 1. The van der Waals surface area contributed by atoms with Gasteiger partial charge in [-0.15, -0.1) is 12.4 Å². The number of aromatic hydroxyl groups is 1. The molecule has 98 valence electrons. The van der Waals surface area contributed by atoms with Crippen molar-refractivity contribution in [2.45, 2.75) is 25.3 Å². The molecular formula is C13H17ClN2O2. The van der Waals surface area contributed by atoms with Crippen LogP contribution in [0.15, 0.2) is 12.1 Å². The molecule has 0 unspecified atom stereocenters. The highest BCUT2D eigenvalue weighted by Gasteiger charge is 2.26. The number of ether oxygens (including phenoxy) is 1. The quantitative estimate of drug-likeness (QED) is 0.879. The van der Waals surface area contributed by atoms with Gasteiger partial charge in [0.15, 0.2) is 11.5 Å². The molecule has 1 aromatic carbocycles. The molecule has 1 aliphatic rings. The van der Waals surface area contributed by atoms with Crippen LogP contribution in [0.4, 0.5) is 0 Å². The van der Waals surface area contributed by atoms with Crippen molar-refractivity contribution >= 4 is 12.4 Å². The topological polar surface area (TPSA) is 79.3 Å². The van der Waals surface area contributed by atoms with Crippen LogP contribution in [0.2, 0.25) is 0 Å². The molecule has 0 spiro atoms. The Hall–Kier alpha value is -1.44. The number of hydrogen-bond donors (Lipinski definition) is 2. The number of phenolic OH excluding ortho intramolecular Hbond substituents is 1. The number of halogens is 1. The van der Waals surface area contributed by atoms with Crippen molar-refractivity contribution in [3.8, 4) is 17.6 Å². The SMILES string of the molecule is COc1cc(C#N)cc([C@@H](N)CC2CC2)c1O.Cl. The van der Waals surface area contributed by atoms with Crippen LogP contribution < -0.4 is 10.5 Å². The van der Waals surface area contributed by atoms with Crippen molar-refractivity contribution in [3.05, 3.63) is 23.3 Å². The Morgan fingerprint density at radius 1 is 1.56 bits per heavy atom. The van der Waals surface area contributed by atoms with Gasteiger partial charge < -0.3 is 15.6 Å². The lowest BCUT2D eigenvalue weighted by molar-refractivity contribution is 0.367. The molecule has 4 nitrogen and oxygen atoms in total. The van der Waals surface area contributed by atoms with Crippen LogP contribution in [0.3, 0.4) is 0 Å². The molecule has 5 heteroatoms. The molecule has 0 aromatic heterocycles. The Balaban J connectivity index is 0.00000162. The summed E-state index contributed by atoms with van der Waals surface area (Å²) in [6, 6.07) is 4.97. The molecule has 0 bridgehead atoms. The van der Waals surface area contributed by atoms with Gasteiger partial charge in [-0.3, -0.25) is 0 Å². The zero-order chi connectivity index (χ0) is 12.4.